The Morgan fingerprint density at radius 1 is 0.968 bits per heavy atom. The fourth-order valence-corrected chi connectivity index (χ4v) is 4.93. The Bertz CT molecular complexity index is 1030. The van der Waals surface area contributed by atoms with Crippen molar-refractivity contribution in [2.45, 2.75) is 25.7 Å². The molecular formula is C21H27N3O6S. The molecule has 1 saturated heterocycles. The van der Waals surface area contributed by atoms with Gasteiger partial charge in [-0.3, -0.25) is 10.1 Å². The third-order valence-electron chi connectivity index (χ3n) is 5.08. The molecule has 0 spiro atoms. The van der Waals surface area contributed by atoms with E-state index in [4.69, 9.17) is 9.47 Å². The fourth-order valence-electron chi connectivity index (χ4n) is 3.50. The van der Waals surface area contributed by atoms with Gasteiger partial charge in [0.25, 0.3) is 5.69 Å². The van der Waals surface area contributed by atoms with Crippen LogP contribution in [0, 0.1) is 17.0 Å². The molecule has 31 heavy (non-hydrogen) atoms. The van der Waals surface area contributed by atoms with Crippen molar-refractivity contribution < 1.29 is 22.8 Å². The zero-order chi connectivity index (χ0) is 22.6. The van der Waals surface area contributed by atoms with Gasteiger partial charge >= 0.3 is 0 Å². The zero-order valence-corrected chi connectivity index (χ0v) is 18.7. The molecule has 1 fully saturated rings. The van der Waals surface area contributed by atoms with Crippen LogP contribution in [0.15, 0.2) is 41.3 Å². The Labute approximate surface area is 182 Å². The number of nitro groups is 1. The molecule has 1 aliphatic heterocycles. The minimum absolute atomic E-state index is 0.0956. The third kappa shape index (κ3) is 4.91. The van der Waals surface area contributed by atoms with Gasteiger partial charge in [0.15, 0.2) is 11.5 Å². The number of nitrogens with zero attached hydrogens (tertiary/aromatic N) is 3. The van der Waals surface area contributed by atoms with E-state index in [0.717, 1.165) is 5.56 Å². The molecule has 0 aliphatic carbocycles. The molecule has 2 aromatic rings. The number of ether oxygens (including phenoxy) is 2. The molecule has 1 aliphatic rings. The van der Waals surface area contributed by atoms with Gasteiger partial charge in [-0.2, -0.15) is 4.31 Å². The largest absolute Gasteiger partial charge is 0.490 e. The van der Waals surface area contributed by atoms with E-state index >= 15 is 0 Å². The van der Waals surface area contributed by atoms with Crippen molar-refractivity contribution in [2.75, 3.05) is 44.3 Å². The summed E-state index contributed by atoms with van der Waals surface area (Å²) < 4.78 is 38.4. The number of hydrogen-bond donors (Lipinski definition) is 0. The number of hydrogen-bond acceptors (Lipinski definition) is 7. The summed E-state index contributed by atoms with van der Waals surface area (Å²) in [6.45, 7) is 7.36. The van der Waals surface area contributed by atoms with Crippen molar-refractivity contribution in [1.29, 1.82) is 0 Å². The molecule has 0 amide bonds. The number of aryl methyl sites for hydroxylation is 1. The van der Waals surface area contributed by atoms with Crippen LogP contribution in [-0.4, -0.2) is 57.0 Å². The van der Waals surface area contributed by atoms with Gasteiger partial charge in [0.1, 0.15) is 5.69 Å². The summed E-state index contributed by atoms with van der Waals surface area (Å²) in [5, 5.41) is 11.7. The molecular weight excluding hydrogens is 422 g/mol. The molecule has 0 N–H and O–H groups in total. The summed E-state index contributed by atoms with van der Waals surface area (Å²) in [5.74, 6) is 0.750. The topological polar surface area (TPSA) is 102 Å². The van der Waals surface area contributed by atoms with E-state index in [1.54, 1.807) is 37.3 Å². The van der Waals surface area contributed by atoms with E-state index in [1.165, 1.54) is 10.4 Å². The lowest BCUT2D eigenvalue weighted by Gasteiger charge is -2.35. The summed E-state index contributed by atoms with van der Waals surface area (Å²) in [6, 6.07) is 9.71. The number of nitro benzene ring substituents is 1. The smallest absolute Gasteiger partial charge is 0.296 e. The minimum atomic E-state index is -3.61. The van der Waals surface area contributed by atoms with Crippen LogP contribution in [0.1, 0.15) is 19.4 Å². The van der Waals surface area contributed by atoms with E-state index in [2.05, 4.69) is 0 Å². The van der Waals surface area contributed by atoms with Crippen molar-refractivity contribution in [3.05, 3.63) is 52.1 Å². The van der Waals surface area contributed by atoms with Crippen molar-refractivity contribution in [3.8, 4) is 11.5 Å². The summed E-state index contributed by atoms with van der Waals surface area (Å²) in [4.78, 5) is 13.3. The summed E-state index contributed by atoms with van der Waals surface area (Å²) in [7, 11) is -3.61. The van der Waals surface area contributed by atoms with Gasteiger partial charge in [0, 0.05) is 32.2 Å². The maximum absolute atomic E-state index is 12.9. The highest BCUT2D eigenvalue weighted by Gasteiger charge is 2.31. The first-order chi connectivity index (χ1) is 14.8. The first-order valence-corrected chi connectivity index (χ1v) is 11.6. The number of benzene rings is 2. The standard InChI is InChI=1S/C21H27N3O6S/c1-4-29-20-14-18(19(24(25)26)15-21(20)30-5-2)22-10-12-23(13-11-22)31(27,28)17-8-6-16(3)7-9-17/h6-9,14-15H,4-5,10-13H2,1-3H3. The van der Waals surface area contributed by atoms with Crippen LogP contribution in [0.25, 0.3) is 0 Å². The number of piperazine rings is 1. The van der Waals surface area contributed by atoms with E-state index in [0.29, 0.717) is 43.5 Å². The number of rotatable bonds is 8. The van der Waals surface area contributed by atoms with Gasteiger partial charge in [-0.1, -0.05) is 17.7 Å². The second-order valence-corrected chi connectivity index (χ2v) is 9.05. The molecule has 0 unspecified atom stereocenters. The zero-order valence-electron chi connectivity index (χ0n) is 17.9. The van der Waals surface area contributed by atoms with Crippen LogP contribution in [0.4, 0.5) is 11.4 Å². The highest BCUT2D eigenvalue weighted by atomic mass is 32.2. The average Bonchev–Trinajstić information content (AvgIpc) is 2.75. The first kappa shape index (κ1) is 22.8. The van der Waals surface area contributed by atoms with E-state index < -0.39 is 14.9 Å². The van der Waals surface area contributed by atoms with Crippen LogP contribution in [0.2, 0.25) is 0 Å². The molecule has 1 heterocycles. The molecule has 3 rings (SSSR count). The summed E-state index contributed by atoms with van der Waals surface area (Å²) in [6.07, 6.45) is 0. The Kier molecular flexibility index (Phi) is 7.01. The number of sulfonamides is 1. The molecule has 10 heteroatoms. The second kappa shape index (κ2) is 9.52. The van der Waals surface area contributed by atoms with Crippen LogP contribution >= 0.6 is 0 Å². The van der Waals surface area contributed by atoms with Gasteiger partial charge in [0.2, 0.25) is 10.0 Å². The van der Waals surface area contributed by atoms with E-state index in [9.17, 15) is 18.5 Å². The van der Waals surface area contributed by atoms with Crippen molar-refractivity contribution in [2.24, 2.45) is 0 Å². The monoisotopic (exact) mass is 449 g/mol. The second-order valence-electron chi connectivity index (χ2n) is 7.11. The van der Waals surface area contributed by atoms with E-state index in [-0.39, 0.29) is 23.7 Å². The van der Waals surface area contributed by atoms with Crippen molar-refractivity contribution in [3.63, 3.8) is 0 Å². The van der Waals surface area contributed by atoms with Gasteiger partial charge in [-0.15, -0.1) is 0 Å². The third-order valence-corrected chi connectivity index (χ3v) is 6.99. The Balaban J connectivity index is 1.84. The Morgan fingerprint density at radius 3 is 2.03 bits per heavy atom. The van der Waals surface area contributed by atoms with Crippen LogP contribution in [-0.2, 0) is 10.0 Å². The SMILES string of the molecule is CCOc1cc(N2CCN(S(=O)(=O)c3ccc(C)cc3)CC2)c([N+](=O)[O-])cc1OCC. The minimum Gasteiger partial charge on any atom is -0.490 e. The van der Waals surface area contributed by atoms with Crippen LogP contribution in [0.5, 0.6) is 11.5 Å². The van der Waals surface area contributed by atoms with Crippen molar-refractivity contribution in [1.82, 2.24) is 4.31 Å². The maximum atomic E-state index is 12.9. The Morgan fingerprint density at radius 2 is 1.52 bits per heavy atom. The average molecular weight is 450 g/mol. The van der Waals surface area contributed by atoms with Gasteiger partial charge < -0.3 is 14.4 Å². The van der Waals surface area contributed by atoms with Gasteiger partial charge in [0.05, 0.1) is 29.1 Å². The first-order valence-electron chi connectivity index (χ1n) is 10.2. The van der Waals surface area contributed by atoms with Crippen molar-refractivity contribution >= 4 is 21.4 Å². The predicted molar refractivity (Wildman–Crippen MR) is 118 cm³/mol. The van der Waals surface area contributed by atoms with Crippen LogP contribution in [0.3, 0.4) is 0 Å². The Hall–Kier alpha value is -2.85. The summed E-state index contributed by atoms with van der Waals surface area (Å²) >= 11 is 0. The lowest BCUT2D eigenvalue weighted by molar-refractivity contribution is -0.384. The number of anilines is 1. The predicted octanol–water partition coefficient (Wildman–Crippen LogP) is 3.21. The molecule has 2 aromatic carbocycles. The highest BCUT2D eigenvalue weighted by Crippen LogP contribution is 2.40. The normalized spacial score (nSPS) is 15.0. The quantitative estimate of drug-likeness (QED) is 0.450. The summed E-state index contributed by atoms with van der Waals surface area (Å²) in [5.41, 5.74) is 1.28. The van der Waals surface area contributed by atoms with Gasteiger partial charge in [-0.05, 0) is 32.9 Å². The molecule has 0 atom stereocenters. The molecule has 0 saturated carbocycles. The maximum Gasteiger partial charge on any atom is 0.296 e. The van der Waals surface area contributed by atoms with Crippen LogP contribution < -0.4 is 14.4 Å². The highest BCUT2D eigenvalue weighted by molar-refractivity contribution is 7.89. The van der Waals surface area contributed by atoms with Gasteiger partial charge in [-0.25, -0.2) is 8.42 Å². The lowest BCUT2D eigenvalue weighted by Crippen LogP contribution is -2.48. The fraction of sp³-hybridized carbons (Fsp3) is 0.429. The molecule has 168 valence electrons. The lowest BCUT2D eigenvalue weighted by atomic mass is 10.2. The molecule has 0 radical (unpaired) electrons. The molecule has 0 bridgehead atoms. The molecule has 9 nitrogen and oxygen atoms in total. The molecule has 0 aromatic heterocycles. The van der Waals surface area contributed by atoms with E-state index in [1.807, 2.05) is 18.7 Å².